The Balaban J connectivity index is 1.30. The first-order chi connectivity index (χ1) is 16.9. The summed E-state index contributed by atoms with van der Waals surface area (Å²) in [6.07, 6.45) is 5.14. The Kier molecular flexibility index (Phi) is 5.89. The Bertz CT molecular complexity index is 1350. The van der Waals surface area contributed by atoms with Gasteiger partial charge in [0, 0.05) is 24.7 Å². The maximum Gasteiger partial charge on any atom is 0.272 e. The number of nitrogens with zero attached hydrogens (tertiary/aromatic N) is 2. The summed E-state index contributed by atoms with van der Waals surface area (Å²) in [5, 5.41) is 8.48. The van der Waals surface area contributed by atoms with Crippen molar-refractivity contribution in [1.29, 1.82) is 0 Å². The number of Topliss-reactive ketones (excluding diaryl/α,β-unsaturated/α-hetero) is 1. The molecule has 0 bridgehead atoms. The quantitative estimate of drug-likeness (QED) is 0.422. The van der Waals surface area contributed by atoms with Crippen LogP contribution in [0, 0.1) is 5.92 Å². The van der Waals surface area contributed by atoms with Crippen LogP contribution in [-0.2, 0) is 16.1 Å². The lowest BCUT2D eigenvalue weighted by atomic mass is 9.99. The summed E-state index contributed by atoms with van der Waals surface area (Å²) in [6.45, 7) is 1.71. The van der Waals surface area contributed by atoms with Crippen LogP contribution in [0.1, 0.15) is 52.6 Å². The van der Waals surface area contributed by atoms with E-state index in [1.165, 1.54) is 12.5 Å². The van der Waals surface area contributed by atoms with Crippen LogP contribution >= 0.6 is 0 Å². The number of ether oxygens (including phenoxy) is 1. The number of aromatic amines is 1. The molecule has 3 heterocycles. The molecular formula is C24H24N6O5. The van der Waals surface area contributed by atoms with Gasteiger partial charge in [0.2, 0.25) is 0 Å². The number of H-pyrrole nitrogens is 1. The van der Waals surface area contributed by atoms with Crippen molar-refractivity contribution in [2.24, 2.45) is 5.92 Å². The zero-order chi connectivity index (χ0) is 24.5. The number of benzene rings is 1. The second-order valence-corrected chi connectivity index (χ2v) is 8.73. The lowest BCUT2D eigenvalue weighted by Gasteiger charge is -2.18. The van der Waals surface area contributed by atoms with Crippen molar-refractivity contribution in [3.8, 4) is 5.75 Å². The van der Waals surface area contributed by atoms with Crippen LogP contribution in [0.4, 0.5) is 5.69 Å². The standard InChI is InChI=1S/C24H24N6O5/c1-12(31)14-3-2-4-16(14)30-23(33)15-9-25-21-20(15)27-11-28-22(21)24(34)26-8-13-5-6-18-17(7-13)29-19(32)10-35-18/h5-7,9,11,14,16,25H,2-4,8,10H2,1H3,(H,26,34)(H,29,32)(H,30,33)/t14-,16?/m0/s1. The molecule has 1 unspecified atom stereocenters. The molecule has 11 nitrogen and oxygen atoms in total. The third-order valence-corrected chi connectivity index (χ3v) is 6.41. The first-order valence-electron chi connectivity index (χ1n) is 11.4. The third kappa shape index (κ3) is 4.44. The first kappa shape index (κ1) is 22.5. The Hall–Kier alpha value is -4.28. The second kappa shape index (κ2) is 9.16. The molecule has 3 aromatic rings. The first-order valence-corrected chi connectivity index (χ1v) is 11.4. The van der Waals surface area contributed by atoms with Gasteiger partial charge in [0.05, 0.1) is 16.8 Å². The lowest BCUT2D eigenvalue weighted by molar-refractivity contribution is -0.121. The molecule has 0 spiro atoms. The number of fused-ring (bicyclic) bond motifs is 2. The highest BCUT2D eigenvalue weighted by Gasteiger charge is 2.32. The molecule has 4 N–H and O–H groups in total. The van der Waals surface area contributed by atoms with Crippen molar-refractivity contribution in [3.05, 3.63) is 47.5 Å². The van der Waals surface area contributed by atoms with Gasteiger partial charge in [0.1, 0.15) is 23.4 Å². The van der Waals surface area contributed by atoms with Crippen LogP contribution in [0.3, 0.4) is 0 Å². The summed E-state index contributed by atoms with van der Waals surface area (Å²) in [5.74, 6) is -0.570. The fourth-order valence-corrected chi connectivity index (χ4v) is 4.66. The Morgan fingerprint density at radius 1 is 1.17 bits per heavy atom. The zero-order valence-electron chi connectivity index (χ0n) is 19.0. The highest BCUT2D eigenvalue weighted by Crippen LogP contribution is 2.29. The number of amides is 3. The Labute approximate surface area is 200 Å². The van der Waals surface area contributed by atoms with E-state index < -0.39 is 5.91 Å². The van der Waals surface area contributed by atoms with Crippen molar-refractivity contribution in [3.63, 3.8) is 0 Å². The minimum absolute atomic E-state index is 0.0269. The largest absolute Gasteiger partial charge is 0.482 e. The average Bonchev–Trinajstić information content (AvgIpc) is 3.49. The van der Waals surface area contributed by atoms with Gasteiger partial charge in [-0.05, 0) is 37.5 Å². The van der Waals surface area contributed by atoms with Crippen LogP contribution in [0.25, 0.3) is 11.0 Å². The van der Waals surface area contributed by atoms with Crippen molar-refractivity contribution in [1.82, 2.24) is 25.6 Å². The number of hydrogen-bond acceptors (Lipinski definition) is 7. The fourth-order valence-electron chi connectivity index (χ4n) is 4.66. The van der Waals surface area contributed by atoms with Crippen LogP contribution in [0.2, 0.25) is 0 Å². The van der Waals surface area contributed by atoms with Crippen LogP contribution in [-0.4, -0.2) is 51.1 Å². The van der Waals surface area contributed by atoms with Gasteiger partial charge >= 0.3 is 0 Å². The SMILES string of the molecule is CC(=O)[C@@H]1CCCC1NC(=O)c1c[nH]c2c(C(=O)NCc3ccc4c(c3)NC(=O)CO4)ncnc12. The van der Waals surface area contributed by atoms with Crippen molar-refractivity contribution in [2.75, 3.05) is 11.9 Å². The molecule has 2 aromatic heterocycles. The molecule has 3 amide bonds. The minimum atomic E-state index is -0.448. The molecule has 2 aliphatic rings. The van der Waals surface area contributed by atoms with Gasteiger partial charge in [-0.1, -0.05) is 12.5 Å². The van der Waals surface area contributed by atoms with Crippen molar-refractivity contribution >= 4 is 40.2 Å². The van der Waals surface area contributed by atoms with Gasteiger partial charge < -0.3 is 25.7 Å². The maximum atomic E-state index is 12.9. The van der Waals surface area contributed by atoms with E-state index >= 15 is 0 Å². The summed E-state index contributed by atoms with van der Waals surface area (Å²) in [4.78, 5) is 60.5. The molecule has 11 heteroatoms. The number of carbonyl (C=O) groups is 4. The van der Waals surface area contributed by atoms with E-state index in [1.807, 2.05) is 0 Å². The third-order valence-electron chi connectivity index (χ3n) is 6.41. The molecule has 1 saturated carbocycles. The van der Waals surface area contributed by atoms with Gasteiger partial charge in [-0.15, -0.1) is 0 Å². The lowest BCUT2D eigenvalue weighted by Crippen LogP contribution is -2.39. The predicted octanol–water partition coefficient (Wildman–Crippen LogP) is 1.71. The molecule has 0 radical (unpaired) electrons. The van der Waals surface area contributed by atoms with Gasteiger partial charge in [-0.2, -0.15) is 0 Å². The van der Waals surface area contributed by atoms with Crippen molar-refractivity contribution in [2.45, 2.75) is 38.8 Å². The molecule has 1 fully saturated rings. The van der Waals surface area contributed by atoms with Crippen molar-refractivity contribution < 1.29 is 23.9 Å². The topological polar surface area (TPSA) is 155 Å². The van der Waals surface area contributed by atoms with E-state index in [1.54, 1.807) is 25.1 Å². The number of carbonyl (C=O) groups excluding carboxylic acids is 4. The van der Waals surface area contributed by atoms with E-state index in [9.17, 15) is 19.2 Å². The van der Waals surface area contributed by atoms with E-state index in [2.05, 4.69) is 30.9 Å². The van der Waals surface area contributed by atoms with Gasteiger partial charge in [0.25, 0.3) is 17.7 Å². The summed E-state index contributed by atoms with van der Waals surface area (Å²) in [6, 6.07) is 5.05. The van der Waals surface area contributed by atoms with E-state index in [0.29, 0.717) is 22.5 Å². The van der Waals surface area contributed by atoms with Gasteiger partial charge in [-0.25, -0.2) is 9.97 Å². The van der Waals surface area contributed by atoms with E-state index in [-0.39, 0.29) is 54.0 Å². The molecule has 1 aliphatic heterocycles. The molecule has 5 rings (SSSR count). The average molecular weight is 476 g/mol. The summed E-state index contributed by atoms with van der Waals surface area (Å²) < 4.78 is 5.34. The minimum Gasteiger partial charge on any atom is -0.482 e. The zero-order valence-corrected chi connectivity index (χ0v) is 19.0. The highest BCUT2D eigenvalue weighted by molar-refractivity contribution is 6.10. The molecule has 35 heavy (non-hydrogen) atoms. The fraction of sp³-hybridized carbons (Fsp3) is 0.333. The number of aromatic nitrogens is 3. The normalized spacial score (nSPS) is 18.9. The Morgan fingerprint density at radius 2 is 2.03 bits per heavy atom. The second-order valence-electron chi connectivity index (χ2n) is 8.73. The summed E-state index contributed by atoms with van der Waals surface area (Å²) in [5.41, 5.74) is 2.37. The number of anilines is 1. The Morgan fingerprint density at radius 3 is 2.86 bits per heavy atom. The summed E-state index contributed by atoms with van der Waals surface area (Å²) in [7, 11) is 0. The maximum absolute atomic E-state index is 12.9. The molecule has 1 aliphatic carbocycles. The molecule has 2 atom stereocenters. The molecule has 1 aromatic carbocycles. The van der Waals surface area contributed by atoms with Gasteiger partial charge in [-0.3, -0.25) is 19.2 Å². The van der Waals surface area contributed by atoms with E-state index in [4.69, 9.17) is 4.74 Å². The molecule has 180 valence electrons. The van der Waals surface area contributed by atoms with E-state index in [0.717, 1.165) is 24.8 Å². The number of hydrogen-bond donors (Lipinski definition) is 4. The predicted molar refractivity (Wildman–Crippen MR) is 125 cm³/mol. The number of rotatable bonds is 6. The van der Waals surface area contributed by atoms with Crippen LogP contribution in [0.15, 0.2) is 30.7 Å². The number of nitrogens with one attached hydrogen (secondary N) is 4. The highest BCUT2D eigenvalue weighted by atomic mass is 16.5. The smallest absolute Gasteiger partial charge is 0.272 e. The van der Waals surface area contributed by atoms with Gasteiger partial charge in [0.15, 0.2) is 12.3 Å². The molecular weight excluding hydrogens is 452 g/mol. The summed E-state index contributed by atoms with van der Waals surface area (Å²) >= 11 is 0. The van der Waals surface area contributed by atoms with Crippen LogP contribution in [0.5, 0.6) is 5.75 Å². The van der Waals surface area contributed by atoms with Crippen LogP contribution < -0.4 is 20.7 Å². The monoisotopic (exact) mass is 476 g/mol. The molecule has 0 saturated heterocycles. The number of ketones is 1.